The van der Waals surface area contributed by atoms with E-state index in [1.165, 1.54) is 0 Å². The lowest BCUT2D eigenvalue weighted by molar-refractivity contribution is -0.154. The highest BCUT2D eigenvalue weighted by Gasteiger charge is 2.41. The lowest BCUT2D eigenvalue weighted by Gasteiger charge is -2.08. The molecule has 0 radical (unpaired) electrons. The SMILES string of the molecule is C.C.C.C=C.CCCC1C(=O)OC(=O)C1CC.O=C1C=CC(=O)O1. The summed E-state index contributed by atoms with van der Waals surface area (Å²) in [6, 6.07) is 0. The fourth-order valence-electron chi connectivity index (χ4n) is 1.96. The van der Waals surface area contributed by atoms with Gasteiger partial charge in [0, 0.05) is 12.2 Å². The highest BCUT2D eigenvalue weighted by molar-refractivity contribution is 6.04. The van der Waals surface area contributed by atoms with Gasteiger partial charge in [-0.15, -0.1) is 13.2 Å². The third kappa shape index (κ3) is 9.02. The first-order chi connectivity index (χ1) is 9.99. The topological polar surface area (TPSA) is 86.7 Å². The fraction of sp³-hybridized carbons (Fsp3) is 0.556. The van der Waals surface area contributed by atoms with Crippen molar-refractivity contribution in [1.82, 2.24) is 0 Å². The number of esters is 4. The minimum absolute atomic E-state index is 0. The standard InChI is InChI=1S/C9H14O3.C4H2O3.C2H4.3CH4/c1-3-5-7-6(4-2)8(10)12-9(7)11;5-3-1-2-4(6)7-3;1-2;;;/h6-7H,3-5H2,1-2H3;1-2H;1-2H2;3*1H4. The summed E-state index contributed by atoms with van der Waals surface area (Å²) in [6.07, 6.45) is 4.56. The Labute approximate surface area is 145 Å². The Morgan fingerprint density at radius 1 is 0.833 bits per heavy atom. The number of cyclic esters (lactones) is 4. The van der Waals surface area contributed by atoms with Gasteiger partial charge < -0.3 is 9.47 Å². The van der Waals surface area contributed by atoms with Gasteiger partial charge in [-0.25, -0.2) is 9.59 Å². The summed E-state index contributed by atoms with van der Waals surface area (Å²) in [7, 11) is 0. The molecule has 6 heteroatoms. The quantitative estimate of drug-likeness (QED) is 0.439. The first kappa shape index (κ1) is 29.7. The smallest absolute Gasteiger partial charge is 0.338 e. The van der Waals surface area contributed by atoms with Crippen molar-refractivity contribution in [2.45, 2.75) is 55.4 Å². The molecule has 0 aliphatic carbocycles. The van der Waals surface area contributed by atoms with Crippen molar-refractivity contribution in [2.75, 3.05) is 0 Å². The van der Waals surface area contributed by atoms with E-state index in [-0.39, 0.29) is 46.1 Å². The van der Waals surface area contributed by atoms with Crippen molar-refractivity contribution in [3.63, 3.8) is 0 Å². The fourth-order valence-corrected chi connectivity index (χ4v) is 1.96. The maximum atomic E-state index is 11.1. The molecule has 2 heterocycles. The molecule has 0 N–H and O–H groups in total. The van der Waals surface area contributed by atoms with Crippen LogP contribution < -0.4 is 0 Å². The number of carbonyl (C=O) groups is 4. The van der Waals surface area contributed by atoms with Gasteiger partial charge in [0.05, 0.1) is 11.8 Å². The van der Waals surface area contributed by atoms with Crippen molar-refractivity contribution in [2.24, 2.45) is 11.8 Å². The van der Waals surface area contributed by atoms with Crippen LogP contribution in [0.2, 0.25) is 0 Å². The van der Waals surface area contributed by atoms with Crippen molar-refractivity contribution in [1.29, 1.82) is 0 Å². The number of ether oxygens (including phenoxy) is 2. The zero-order chi connectivity index (χ0) is 16.4. The Morgan fingerprint density at radius 2 is 1.25 bits per heavy atom. The molecule has 0 spiro atoms. The molecule has 6 nitrogen and oxygen atoms in total. The maximum Gasteiger partial charge on any atom is 0.338 e. The normalized spacial score (nSPS) is 19.9. The maximum absolute atomic E-state index is 11.1. The molecule has 0 aromatic carbocycles. The van der Waals surface area contributed by atoms with Crippen molar-refractivity contribution in [3.8, 4) is 0 Å². The molecule has 2 aliphatic rings. The third-order valence-electron chi connectivity index (χ3n) is 2.89. The van der Waals surface area contributed by atoms with Gasteiger partial charge in [0.25, 0.3) is 0 Å². The molecular formula is C18H32O6. The van der Waals surface area contributed by atoms with E-state index in [1.54, 1.807) is 0 Å². The molecule has 0 amide bonds. The monoisotopic (exact) mass is 344 g/mol. The largest absolute Gasteiger partial charge is 0.393 e. The van der Waals surface area contributed by atoms with E-state index in [4.69, 9.17) is 0 Å². The number of hydrogen-bond donors (Lipinski definition) is 0. The highest BCUT2D eigenvalue weighted by Crippen LogP contribution is 2.29. The van der Waals surface area contributed by atoms with Crippen LogP contribution in [0.15, 0.2) is 25.3 Å². The molecule has 140 valence electrons. The van der Waals surface area contributed by atoms with E-state index < -0.39 is 11.9 Å². The summed E-state index contributed by atoms with van der Waals surface area (Å²) in [4.78, 5) is 42.0. The summed E-state index contributed by atoms with van der Waals surface area (Å²) >= 11 is 0. The predicted molar refractivity (Wildman–Crippen MR) is 95.0 cm³/mol. The first-order valence-corrected chi connectivity index (χ1v) is 6.69. The molecular weight excluding hydrogens is 312 g/mol. The summed E-state index contributed by atoms with van der Waals surface area (Å²) in [5.74, 6) is -2.17. The molecule has 0 aromatic rings. The molecule has 1 saturated heterocycles. The van der Waals surface area contributed by atoms with Crippen LogP contribution in [0.1, 0.15) is 55.4 Å². The first-order valence-electron chi connectivity index (χ1n) is 6.69. The van der Waals surface area contributed by atoms with Gasteiger partial charge in [-0.2, -0.15) is 0 Å². The minimum Gasteiger partial charge on any atom is -0.393 e. The third-order valence-corrected chi connectivity index (χ3v) is 2.89. The molecule has 2 unspecified atom stereocenters. The lowest BCUT2D eigenvalue weighted by Crippen LogP contribution is -2.16. The molecule has 0 aromatic heterocycles. The van der Waals surface area contributed by atoms with Crippen LogP contribution in [-0.2, 0) is 28.7 Å². The highest BCUT2D eigenvalue weighted by atomic mass is 16.6. The van der Waals surface area contributed by atoms with Crippen LogP contribution in [0.4, 0.5) is 0 Å². The van der Waals surface area contributed by atoms with Crippen molar-refractivity contribution < 1.29 is 28.7 Å². The van der Waals surface area contributed by atoms with Crippen molar-refractivity contribution in [3.05, 3.63) is 25.3 Å². The number of hydrogen-bond acceptors (Lipinski definition) is 6. The Hall–Kier alpha value is -2.24. The Morgan fingerprint density at radius 3 is 1.54 bits per heavy atom. The molecule has 1 fully saturated rings. The summed E-state index contributed by atoms with van der Waals surface area (Å²) < 4.78 is 8.52. The average Bonchev–Trinajstić information content (AvgIpc) is 2.96. The van der Waals surface area contributed by atoms with Gasteiger partial charge in [-0.05, 0) is 12.8 Å². The van der Waals surface area contributed by atoms with E-state index in [1.807, 2.05) is 13.8 Å². The summed E-state index contributed by atoms with van der Waals surface area (Å²) in [6.45, 7) is 9.91. The molecule has 24 heavy (non-hydrogen) atoms. The summed E-state index contributed by atoms with van der Waals surface area (Å²) in [5.41, 5.74) is 0. The van der Waals surface area contributed by atoms with Crippen LogP contribution in [-0.4, -0.2) is 23.9 Å². The molecule has 2 rings (SSSR count). The van der Waals surface area contributed by atoms with Gasteiger partial charge in [0.15, 0.2) is 0 Å². The molecule has 2 aliphatic heterocycles. The van der Waals surface area contributed by atoms with Gasteiger partial charge >= 0.3 is 23.9 Å². The summed E-state index contributed by atoms with van der Waals surface area (Å²) in [5, 5.41) is 0. The van der Waals surface area contributed by atoms with E-state index in [2.05, 4.69) is 22.6 Å². The predicted octanol–water partition coefficient (Wildman–Crippen LogP) is 3.85. The molecule has 0 bridgehead atoms. The van der Waals surface area contributed by atoms with E-state index in [9.17, 15) is 19.2 Å². The minimum atomic E-state index is -0.579. The van der Waals surface area contributed by atoms with Crippen LogP contribution in [0.3, 0.4) is 0 Å². The van der Waals surface area contributed by atoms with Crippen LogP contribution in [0.25, 0.3) is 0 Å². The van der Waals surface area contributed by atoms with Crippen LogP contribution in [0.5, 0.6) is 0 Å². The second-order valence-corrected chi connectivity index (χ2v) is 4.22. The number of carbonyl (C=O) groups excluding carboxylic acids is 4. The van der Waals surface area contributed by atoms with E-state index >= 15 is 0 Å². The van der Waals surface area contributed by atoms with Crippen LogP contribution in [0, 0.1) is 11.8 Å². The second kappa shape index (κ2) is 15.6. The van der Waals surface area contributed by atoms with Gasteiger partial charge in [-0.3, -0.25) is 9.59 Å². The Bertz CT molecular complexity index is 423. The van der Waals surface area contributed by atoms with Crippen molar-refractivity contribution >= 4 is 23.9 Å². The van der Waals surface area contributed by atoms with E-state index in [0.29, 0.717) is 6.42 Å². The van der Waals surface area contributed by atoms with Crippen LogP contribution >= 0.6 is 0 Å². The Balaban J connectivity index is -0.000000146. The lowest BCUT2D eigenvalue weighted by atomic mass is 9.89. The van der Waals surface area contributed by atoms with E-state index in [0.717, 1.165) is 25.0 Å². The average molecular weight is 344 g/mol. The zero-order valence-electron chi connectivity index (χ0n) is 12.3. The Kier molecular flexibility index (Phi) is 19.4. The molecule has 2 atom stereocenters. The van der Waals surface area contributed by atoms with Gasteiger partial charge in [0.2, 0.25) is 0 Å². The van der Waals surface area contributed by atoms with Gasteiger partial charge in [-0.1, -0.05) is 42.5 Å². The van der Waals surface area contributed by atoms with Gasteiger partial charge in [0.1, 0.15) is 0 Å². The second-order valence-electron chi connectivity index (χ2n) is 4.22. The molecule has 0 saturated carbocycles. The zero-order valence-corrected chi connectivity index (χ0v) is 12.3. The number of rotatable bonds is 3.